The summed E-state index contributed by atoms with van der Waals surface area (Å²) >= 11 is -1.27. The van der Waals surface area contributed by atoms with Crippen LogP contribution in [-0.4, -0.2) is 26.5 Å². The van der Waals surface area contributed by atoms with Crippen LogP contribution >= 0.6 is 11.8 Å². The molecule has 0 bridgehead atoms. The van der Waals surface area contributed by atoms with Gasteiger partial charge < -0.3 is 18.6 Å². The standard InChI is InChI=1S/C17H19N2O2S.H2O3S/c1-4-20-15-11-17(16(21-5-2)10-14(15)19-18)22-13-8-6-12(3)7-9-13;1-4(2)3/h6-11H,4-5H2,1-3H3;(H2,1,2,3)/q+1;/p-1. The van der Waals surface area contributed by atoms with Crippen LogP contribution in [0.15, 0.2) is 46.2 Å². The first kappa shape index (κ1) is 21.9. The third-order valence-corrected chi connectivity index (χ3v) is 4.03. The molecule has 9 heteroatoms. The molecule has 0 aromatic heterocycles. The Kier molecular flexibility index (Phi) is 9.69. The van der Waals surface area contributed by atoms with Gasteiger partial charge in [0.1, 0.15) is 5.75 Å². The second-order valence-electron chi connectivity index (χ2n) is 4.86. The van der Waals surface area contributed by atoms with Crippen molar-refractivity contribution in [1.29, 1.82) is 5.39 Å². The summed E-state index contributed by atoms with van der Waals surface area (Å²) in [5.41, 5.74) is 1.59. The van der Waals surface area contributed by atoms with E-state index < -0.39 is 11.4 Å². The van der Waals surface area contributed by atoms with Gasteiger partial charge in [0.25, 0.3) is 0 Å². The molecule has 2 rings (SSSR count). The van der Waals surface area contributed by atoms with Gasteiger partial charge in [-0.2, -0.15) is 0 Å². The molecule has 0 aliphatic heterocycles. The predicted molar refractivity (Wildman–Crippen MR) is 100 cm³/mol. The number of ether oxygens (including phenoxy) is 2. The molecule has 0 fully saturated rings. The fraction of sp³-hybridized carbons (Fsp3) is 0.294. The van der Waals surface area contributed by atoms with E-state index in [1.54, 1.807) is 17.8 Å². The van der Waals surface area contributed by atoms with Crippen molar-refractivity contribution in [2.75, 3.05) is 13.2 Å². The van der Waals surface area contributed by atoms with Crippen molar-refractivity contribution in [3.8, 4) is 11.5 Å². The van der Waals surface area contributed by atoms with E-state index in [1.807, 2.05) is 19.9 Å². The Bertz CT molecular complexity index is 772. The van der Waals surface area contributed by atoms with Crippen molar-refractivity contribution in [1.82, 2.24) is 0 Å². The quantitative estimate of drug-likeness (QED) is 0.553. The van der Waals surface area contributed by atoms with E-state index in [0.29, 0.717) is 30.4 Å². The van der Waals surface area contributed by atoms with Crippen LogP contribution in [0.1, 0.15) is 19.4 Å². The molecule has 1 atom stereocenters. The lowest BCUT2D eigenvalue weighted by Crippen LogP contribution is -1.96. The summed E-state index contributed by atoms with van der Waals surface area (Å²) in [6.07, 6.45) is 0. The van der Waals surface area contributed by atoms with Gasteiger partial charge in [-0.3, -0.25) is 0 Å². The van der Waals surface area contributed by atoms with Crippen molar-refractivity contribution >= 4 is 28.8 Å². The molecule has 1 N–H and O–H groups in total. The summed E-state index contributed by atoms with van der Waals surface area (Å²) < 4.78 is 35.3. The average molecular weight is 396 g/mol. The first-order chi connectivity index (χ1) is 12.4. The van der Waals surface area contributed by atoms with E-state index in [0.717, 1.165) is 9.79 Å². The third kappa shape index (κ3) is 7.41. The predicted octanol–water partition coefficient (Wildman–Crippen LogP) is 4.77. The number of benzene rings is 2. The van der Waals surface area contributed by atoms with Gasteiger partial charge in [0, 0.05) is 11.0 Å². The minimum atomic E-state index is -2.86. The molecular formula is C17H20N2O5S2. The molecule has 0 aliphatic rings. The molecule has 140 valence electrons. The first-order valence-electron chi connectivity index (χ1n) is 7.72. The second-order valence-corrected chi connectivity index (χ2v) is 6.41. The molecule has 7 nitrogen and oxygen atoms in total. The van der Waals surface area contributed by atoms with E-state index in [2.05, 4.69) is 36.2 Å². The third-order valence-electron chi connectivity index (χ3n) is 2.98. The van der Waals surface area contributed by atoms with Gasteiger partial charge in [-0.25, -0.2) is 4.21 Å². The Morgan fingerprint density at radius 1 is 1.15 bits per heavy atom. The van der Waals surface area contributed by atoms with Crippen molar-refractivity contribution in [3.05, 3.63) is 46.9 Å². The Morgan fingerprint density at radius 2 is 1.69 bits per heavy atom. The normalized spacial score (nSPS) is 10.9. The highest BCUT2D eigenvalue weighted by Gasteiger charge is 2.21. The number of nitrogens with zero attached hydrogens (tertiary/aromatic N) is 2. The highest BCUT2D eigenvalue weighted by Crippen LogP contribution is 2.42. The highest BCUT2D eigenvalue weighted by molar-refractivity contribution is 7.99. The molecule has 0 saturated heterocycles. The number of hydrogen-bond acceptors (Lipinski definition) is 6. The van der Waals surface area contributed by atoms with E-state index in [-0.39, 0.29) is 0 Å². The van der Waals surface area contributed by atoms with Crippen molar-refractivity contribution in [2.24, 2.45) is 0 Å². The van der Waals surface area contributed by atoms with Crippen LogP contribution in [0, 0.1) is 12.3 Å². The molecule has 26 heavy (non-hydrogen) atoms. The summed E-state index contributed by atoms with van der Waals surface area (Å²) in [6.45, 7) is 6.92. The molecule has 2 aromatic rings. The summed E-state index contributed by atoms with van der Waals surface area (Å²) in [5.74, 6) is 1.23. The number of hydrogen-bond donors (Lipinski definition) is 1. The van der Waals surface area contributed by atoms with Crippen molar-refractivity contribution in [2.45, 2.75) is 30.6 Å². The lowest BCUT2D eigenvalue weighted by molar-refractivity contribution is 0.325. The monoisotopic (exact) mass is 396 g/mol. The van der Waals surface area contributed by atoms with Crippen molar-refractivity contribution in [3.63, 3.8) is 0 Å². The summed E-state index contributed by atoms with van der Waals surface area (Å²) in [6, 6.07) is 11.8. The SMILES string of the molecule is CCOc1cc(Sc2ccc(C)cc2)c(OCC)cc1[N+]#N.O=S([O-])O. The van der Waals surface area contributed by atoms with Gasteiger partial charge >= 0.3 is 5.69 Å². The zero-order valence-corrected chi connectivity index (χ0v) is 16.3. The maximum atomic E-state index is 9.13. The van der Waals surface area contributed by atoms with Gasteiger partial charge in [-0.15, -0.1) is 0 Å². The maximum Gasteiger partial charge on any atom is 0.430 e. The van der Waals surface area contributed by atoms with E-state index in [4.69, 9.17) is 28.2 Å². The zero-order valence-electron chi connectivity index (χ0n) is 14.7. The fourth-order valence-corrected chi connectivity index (χ4v) is 2.87. The maximum absolute atomic E-state index is 9.13. The number of rotatable bonds is 6. The number of diazo groups is 1. The molecule has 0 spiro atoms. The van der Waals surface area contributed by atoms with E-state index >= 15 is 0 Å². The molecule has 0 amide bonds. The Hall–Kier alpha value is -2.12. The van der Waals surface area contributed by atoms with Crippen LogP contribution in [0.4, 0.5) is 5.69 Å². The smallest absolute Gasteiger partial charge is 0.430 e. The van der Waals surface area contributed by atoms with Gasteiger partial charge in [-0.1, -0.05) is 29.5 Å². The van der Waals surface area contributed by atoms with E-state index in [1.165, 1.54) is 5.56 Å². The lowest BCUT2D eigenvalue weighted by atomic mass is 10.2. The highest BCUT2D eigenvalue weighted by atomic mass is 32.2. The van der Waals surface area contributed by atoms with Crippen LogP contribution in [0.5, 0.6) is 11.5 Å². The van der Waals surface area contributed by atoms with Crippen LogP contribution in [0.2, 0.25) is 0 Å². The molecule has 2 aromatic carbocycles. The molecule has 0 radical (unpaired) electrons. The Labute approximate surface area is 159 Å². The lowest BCUT2D eigenvalue weighted by Gasteiger charge is -2.11. The molecule has 0 heterocycles. The van der Waals surface area contributed by atoms with Gasteiger partial charge in [0.15, 0.2) is 4.98 Å². The Morgan fingerprint density at radius 3 is 2.19 bits per heavy atom. The minimum absolute atomic E-state index is 0.374. The van der Waals surface area contributed by atoms with Crippen LogP contribution in [-0.2, 0) is 11.4 Å². The van der Waals surface area contributed by atoms with Crippen LogP contribution < -0.4 is 9.47 Å². The van der Waals surface area contributed by atoms with Crippen LogP contribution in [0.3, 0.4) is 0 Å². The molecular weight excluding hydrogens is 376 g/mol. The number of aryl methyl sites for hydroxylation is 1. The molecule has 1 unspecified atom stereocenters. The summed E-state index contributed by atoms with van der Waals surface area (Å²) in [4.78, 5) is 5.32. The van der Waals surface area contributed by atoms with Gasteiger partial charge in [0.05, 0.1) is 35.5 Å². The van der Waals surface area contributed by atoms with Gasteiger partial charge in [-0.05, 0) is 32.9 Å². The van der Waals surface area contributed by atoms with Gasteiger partial charge in [0.2, 0.25) is 11.1 Å². The zero-order chi connectivity index (χ0) is 19.5. The van der Waals surface area contributed by atoms with Crippen LogP contribution in [0.25, 0.3) is 4.98 Å². The molecule has 0 aliphatic carbocycles. The Balaban J connectivity index is 0.000000765. The average Bonchev–Trinajstić information content (AvgIpc) is 2.59. The molecule has 0 saturated carbocycles. The second kappa shape index (κ2) is 11.5. The summed E-state index contributed by atoms with van der Waals surface area (Å²) in [5, 5.41) is 9.13. The summed E-state index contributed by atoms with van der Waals surface area (Å²) in [7, 11) is 0. The largest absolute Gasteiger partial charge is 0.750 e. The van der Waals surface area contributed by atoms with Crippen molar-refractivity contribution < 1.29 is 22.8 Å². The topological polar surface area (TPSA) is 107 Å². The minimum Gasteiger partial charge on any atom is -0.750 e. The van der Waals surface area contributed by atoms with E-state index in [9.17, 15) is 0 Å². The fourth-order valence-electron chi connectivity index (χ4n) is 1.96. The first-order valence-corrected chi connectivity index (χ1v) is 9.57.